The van der Waals surface area contributed by atoms with Crippen LogP contribution in [0.2, 0.25) is 0 Å². The van der Waals surface area contributed by atoms with E-state index in [1.54, 1.807) is 55.9 Å². The maximum absolute atomic E-state index is 13.1. The van der Waals surface area contributed by atoms with E-state index in [0.717, 1.165) is 16.2 Å². The Bertz CT molecular complexity index is 1290. The van der Waals surface area contributed by atoms with Gasteiger partial charge in [-0.05, 0) is 68.0 Å². The fourth-order valence-electron chi connectivity index (χ4n) is 3.90. The van der Waals surface area contributed by atoms with Crippen molar-refractivity contribution in [1.29, 1.82) is 0 Å². The van der Waals surface area contributed by atoms with Crippen LogP contribution in [0.15, 0.2) is 77.7 Å². The van der Waals surface area contributed by atoms with Gasteiger partial charge in [-0.15, -0.1) is 11.8 Å². The van der Waals surface area contributed by atoms with Gasteiger partial charge < -0.3 is 24.2 Å². The molecular formula is C30H34N2O8S. The van der Waals surface area contributed by atoms with Gasteiger partial charge in [-0.2, -0.15) is 0 Å². The van der Waals surface area contributed by atoms with Crippen LogP contribution in [-0.4, -0.2) is 65.2 Å². The van der Waals surface area contributed by atoms with E-state index in [-0.39, 0.29) is 31.0 Å². The summed E-state index contributed by atoms with van der Waals surface area (Å²) in [4.78, 5) is 37.8. The van der Waals surface area contributed by atoms with Crippen LogP contribution in [-0.2, 0) is 16.0 Å². The monoisotopic (exact) mass is 582 g/mol. The third-order valence-corrected chi connectivity index (χ3v) is 7.14. The number of nitro groups is 1. The van der Waals surface area contributed by atoms with Crippen LogP contribution >= 0.6 is 11.8 Å². The number of nitrogens with zero attached hydrogens (tertiary/aromatic N) is 2. The molecule has 0 saturated carbocycles. The van der Waals surface area contributed by atoms with E-state index < -0.39 is 23.1 Å². The Morgan fingerprint density at radius 2 is 1.73 bits per heavy atom. The van der Waals surface area contributed by atoms with E-state index in [2.05, 4.69) is 0 Å². The van der Waals surface area contributed by atoms with Crippen molar-refractivity contribution in [3.63, 3.8) is 0 Å². The summed E-state index contributed by atoms with van der Waals surface area (Å²) in [6.45, 7) is 4.50. The first-order valence-electron chi connectivity index (χ1n) is 13.2. The van der Waals surface area contributed by atoms with Crippen LogP contribution in [0.3, 0.4) is 0 Å². The number of carbonyl (C=O) groups is 2. The lowest BCUT2D eigenvalue weighted by Gasteiger charge is -2.22. The fourth-order valence-corrected chi connectivity index (χ4v) is 4.76. The lowest BCUT2D eigenvalue weighted by atomic mass is 10.1. The molecule has 0 fully saturated rings. The standard InChI is InChI=1S/C30H34N2O8S/c1-3-38-28(29(33)34)20-23-11-14-24(15-12-23)39-18-17-31(16-7-19-41-26-8-5-4-6-9-26)30(35)40-25-13-10-22(2)27(21-25)32(36)37/h4-6,8-15,21,28H,3,7,16-20H2,1-2H3,(H,33,34). The zero-order chi connectivity index (χ0) is 29.6. The lowest BCUT2D eigenvalue weighted by molar-refractivity contribution is -0.385. The molecule has 11 heteroatoms. The molecule has 1 N–H and O–H groups in total. The number of benzene rings is 3. The fraction of sp³-hybridized carbons (Fsp3) is 0.333. The van der Waals surface area contributed by atoms with E-state index >= 15 is 0 Å². The van der Waals surface area contributed by atoms with Crippen LogP contribution in [0.1, 0.15) is 24.5 Å². The number of carbonyl (C=O) groups excluding carboxylic acids is 1. The number of amides is 1. The normalized spacial score (nSPS) is 11.5. The van der Waals surface area contributed by atoms with Crippen molar-refractivity contribution in [3.8, 4) is 11.5 Å². The Hall–Kier alpha value is -4.09. The summed E-state index contributed by atoms with van der Waals surface area (Å²) in [5.74, 6) is 0.436. The van der Waals surface area contributed by atoms with Gasteiger partial charge in [0.1, 0.15) is 18.1 Å². The molecule has 3 rings (SSSR count). The molecule has 0 aliphatic heterocycles. The third kappa shape index (κ3) is 10.4. The number of thioether (sulfide) groups is 1. The molecule has 0 spiro atoms. The summed E-state index contributed by atoms with van der Waals surface area (Å²) in [5.41, 5.74) is 1.15. The topological polar surface area (TPSA) is 128 Å². The molecule has 41 heavy (non-hydrogen) atoms. The van der Waals surface area contributed by atoms with Crippen LogP contribution < -0.4 is 9.47 Å². The minimum atomic E-state index is -1.01. The number of carboxylic acid groups (broad SMARTS) is 1. The highest BCUT2D eigenvalue weighted by Gasteiger charge is 2.20. The second-order valence-electron chi connectivity index (χ2n) is 9.05. The van der Waals surface area contributed by atoms with Crippen molar-refractivity contribution < 1.29 is 33.8 Å². The Labute approximate surface area is 243 Å². The Morgan fingerprint density at radius 1 is 1.02 bits per heavy atom. The molecule has 1 amide bonds. The van der Waals surface area contributed by atoms with Crippen molar-refractivity contribution in [1.82, 2.24) is 4.90 Å². The number of carboxylic acids is 1. The zero-order valence-electron chi connectivity index (χ0n) is 23.1. The summed E-state index contributed by atoms with van der Waals surface area (Å²) < 4.78 is 16.6. The SMILES string of the molecule is CCOC(Cc1ccc(OCCN(CCCSc2ccccc2)C(=O)Oc2ccc(C)c([N+](=O)[O-])c2)cc1)C(=O)O. The number of aliphatic carboxylic acids is 1. The predicted octanol–water partition coefficient (Wildman–Crippen LogP) is 6.00. The van der Waals surface area contributed by atoms with Gasteiger partial charge in [0.25, 0.3) is 5.69 Å². The van der Waals surface area contributed by atoms with Gasteiger partial charge in [0.2, 0.25) is 0 Å². The molecular weight excluding hydrogens is 548 g/mol. The molecule has 0 heterocycles. The van der Waals surface area contributed by atoms with E-state index in [9.17, 15) is 24.8 Å². The maximum Gasteiger partial charge on any atom is 0.415 e. The van der Waals surface area contributed by atoms with Crippen molar-refractivity contribution in [2.24, 2.45) is 0 Å². The highest BCUT2D eigenvalue weighted by atomic mass is 32.2. The summed E-state index contributed by atoms with van der Waals surface area (Å²) >= 11 is 1.69. The van der Waals surface area contributed by atoms with Gasteiger partial charge in [0.05, 0.1) is 17.5 Å². The minimum absolute atomic E-state index is 0.0965. The van der Waals surface area contributed by atoms with Gasteiger partial charge in [-0.25, -0.2) is 9.59 Å². The number of nitro benzene ring substituents is 1. The van der Waals surface area contributed by atoms with Crippen molar-refractivity contribution >= 4 is 29.5 Å². The summed E-state index contributed by atoms with van der Waals surface area (Å²) in [5, 5.41) is 20.6. The van der Waals surface area contributed by atoms with Gasteiger partial charge in [0.15, 0.2) is 6.10 Å². The second kappa shape index (κ2) is 16.2. The average molecular weight is 583 g/mol. The summed E-state index contributed by atoms with van der Waals surface area (Å²) in [6.07, 6.45) is -0.604. The predicted molar refractivity (Wildman–Crippen MR) is 156 cm³/mol. The van der Waals surface area contributed by atoms with E-state index in [0.29, 0.717) is 30.9 Å². The Balaban J connectivity index is 1.59. The summed E-state index contributed by atoms with van der Waals surface area (Å²) in [7, 11) is 0. The van der Waals surface area contributed by atoms with Crippen molar-refractivity contribution in [2.75, 3.05) is 32.1 Å². The number of hydrogen-bond donors (Lipinski definition) is 1. The molecule has 0 saturated heterocycles. The van der Waals surface area contributed by atoms with Crippen LogP contribution in [0.25, 0.3) is 0 Å². The highest BCUT2D eigenvalue weighted by molar-refractivity contribution is 7.99. The minimum Gasteiger partial charge on any atom is -0.492 e. The molecule has 1 unspecified atom stereocenters. The molecule has 0 aromatic heterocycles. The summed E-state index contributed by atoms with van der Waals surface area (Å²) in [6, 6.07) is 21.3. The molecule has 0 aliphatic rings. The first-order valence-corrected chi connectivity index (χ1v) is 14.2. The lowest BCUT2D eigenvalue weighted by Crippen LogP contribution is -2.37. The van der Waals surface area contributed by atoms with Crippen molar-refractivity contribution in [2.45, 2.75) is 37.7 Å². The molecule has 218 valence electrons. The first-order chi connectivity index (χ1) is 19.8. The number of rotatable bonds is 16. The molecule has 1 atom stereocenters. The molecule has 3 aromatic carbocycles. The Morgan fingerprint density at radius 3 is 2.39 bits per heavy atom. The average Bonchev–Trinajstić information content (AvgIpc) is 2.96. The molecule has 10 nitrogen and oxygen atoms in total. The Kier molecular flexibility index (Phi) is 12.5. The second-order valence-corrected chi connectivity index (χ2v) is 10.2. The maximum atomic E-state index is 13.1. The van der Waals surface area contributed by atoms with E-state index in [1.807, 2.05) is 30.3 Å². The largest absolute Gasteiger partial charge is 0.492 e. The molecule has 3 aromatic rings. The van der Waals surface area contributed by atoms with Gasteiger partial charge in [-0.1, -0.05) is 30.3 Å². The third-order valence-electron chi connectivity index (χ3n) is 6.04. The van der Waals surface area contributed by atoms with Crippen LogP contribution in [0, 0.1) is 17.0 Å². The quantitative estimate of drug-likeness (QED) is 0.0936. The van der Waals surface area contributed by atoms with Crippen LogP contribution in [0.5, 0.6) is 11.5 Å². The molecule has 0 bridgehead atoms. The first kappa shape index (κ1) is 31.4. The number of ether oxygens (including phenoxy) is 3. The molecule has 0 radical (unpaired) electrons. The van der Waals surface area contributed by atoms with Crippen molar-refractivity contribution in [3.05, 3.63) is 94.0 Å². The van der Waals surface area contributed by atoms with Gasteiger partial charge >= 0.3 is 12.1 Å². The van der Waals surface area contributed by atoms with Gasteiger partial charge in [-0.3, -0.25) is 10.1 Å². The van der Waals surface area contributed by atoms with E-state index in [1.165, 1.54) is 17.0 Å². The molecule has 0 aliphatic carbocycles. The van der Waals surface area contributed by atoms with Crippen LogP contribution in [0.4, 0.5) is 10.5 Å². The number of aryl methyl sites for hydroxylation is 1. The van der Waals surface area contributed by atoms with Gasteiger partial charge in [0, 0.05) is 30.0 Å². The van der Waals surface area contributed by atoms with E-state index in [4.69, 9.17) is 14.2 Å². The highest BCUT2D eigenvalue weighted by Crippen LogP contribution is 2.25. The zero-order valence-corrected chi connectivity index (χ0v) is 23.9. The smallest absolute Gasteiger partial charge is 0.415 e. The number of hydrogen-bond acceptors (Lipinski definition) is 8.